The number of hydrogen-bond acceptors (Lipinski definition) is 2. The van der Waals surface area contributed by atoms with E-state index in [-0.39, 0.29) is 5.41 Å². The number of rotatable bonds is 8. The topological polar surface area (TPSA) is 39.7 Å². The zero-order valence-corrected chi connectivity index (χ0v) is 15.6. The van der Waals surface area contributed by atoms with Crippen molar-refractivity contribution in [2.75, 3.05) is 39.8 Å². The molecule has 0 aromatic heterocycles. The first kappa shape index (κ1) is 18.8. The van der Waals surface area contributed by atoms with E-state index in [1.54, 1.807) is 0 Å². The summed E-state index contributed by atoms with van der Waals surface area (Å²) in [5.41, 5.74) is 1.42. The van der Waals surface area contributed by atoms with E-state index in [1.165, 1.54) is 50.9 Å². The lowest BCUT2D eigenvalue weighted by molar-refractivity contribution is 0.330. The number of nitrogens with one attached hydrogen (secondary N) is 2. The molecule has 0 saturated carbocycles. The molecule has 1 aliphatic heterocycles. The minimum absolute atomic E-state index is 0.0780. The summed E-state index contributed by atoms with van der Waals surface area (Å²) < 4.78 is 0. The van der Waals surface area contributed by atoms with Gasteiger partial charge >= 0.3 is 0 Å². The number of benzene rings is 1. The second-order valence-corrected chi connectivity index (χ2v) is 7.36. The first-order valence-electron chi connectivity index (χ1n) is 9.34. The van der Waals surface area contributed by atoms with Gasteiger partial charge in [-0.25, -0.2) is 0 Å². The van der Waals surface area contributed by atoms with Crippen molar-refractivity contribution in [3.8, 4) is 0 Å². The molecule has 0 spiro atoms. The van der Waals surface area contributed by atoms with Gasteiger partial charge in [0, 0.05) is 25.6 Å². The maximum atomic E-state index is 4.34. The summed E-state index contributed by atoms with van der Waals surface area (Å²) in [7, 11) is 1.84. The average molecular weight is 331 g/mol. The number of guanidine groups is 1. The van der Waals surface area contributed by atoms with Gasteiger partial charge in [-0.15, -0.1) is 0 Å². The van der Waals surface area contributed by atoms with E-state index in [0.717, 1.165) is 19.0 Å². The summed E-state index contributed by atoms with van der Waals surface area (Å²) in [5, 5.41) is 6.91. The molecule has 24 heavy (non-hydrogen) atoms. The Balaban J connectivity index is 1.64. The van der Waals surface area contributed by atoms with Crippen LogP contribution in [-0.4, -0.2) is 50.6 Å². The second-order valence-electron chi connectivity index (χ2n) is 7.36. The van der Waals surface area contributed by atoms with Crippen molar-refractivity contribution in [1.29, 1.82) is 0 Å². The van der Waals surface area contributed by atoms with Crippen LogP contribution in [0.2, 0.25) is 0 Å². The van der Waals surface area contributed by atoms with Gasteiger partial charge in [0.15, 0.2) is 5.96 Å². The van der Waals surface area contributed by atoms with Crippen molar-refractivity contribution >= 4 is 5.96 Å². The van der Waals surface area contributed by atoms with Crippen molar-refractivity contribution in [1.82, 2.24) is 15.5 Å². The standard InChI is InChI=1S/C20H34N4/c1-20(2,18-11-5-4-6-12-18)17-23-19(21-3)22-13-7-8-14-24-15-9-10-16-24/h4-6,11-12H,7-10,13-17H2,1-3H3,(H2,21,22,23). The molecule has 0 radical (unpaired) electrons. The quantitative estimate of drug-likeness (QED) is 0.437. The van der Waals surface area contributed by atoms with Gasteiger partial charge in [0.05, 0.1) is 0 Å². The molecular weight excluding hydrogens is 296 g/mol. The van der Waals surface area contributed by atoms with Crippen molar-refractivity contribution in [3.05, 3.63) is 35.9 Å². The number of nitrogens with zero attached hydrogens (tertiary/aromatic N) is 2. The van der Waals surface area contributed by atoms with Crippen LogP contribution in [0.25, 0.3) is 0 Å². The summed E-state index contributed by atoms with van der Waals surface area (Å²) in [4.78, 5) is 6.92. The van der Waals surface area contributed by atoms with Crippen molar-refractivity contribution in [2.24, 2.45) is 4.99 Å². The van der Waals surface area contributed by atoms with Gasteiger partial charge in [-0.2, -0.15) is 0 Å². The molecule has 4 nitrogen and oxygen atoms in total. The minimum Gasteiger partial charge on any atom is -0.356 e. The van der Waals surface area contributed by atoms with Gasteiger partial charge in [0.1, 0.15) is 0 Å². The molecule has 4 heteroatoms. The third-order valence-corrected chi connectivity index (χ3v) is 4.87. The van der Waals surface area contributed by atoms with Crippen LogP contribution < -0.4 is 10.6 Å². The van der Waals surface area contributed by atoms with Crippen LogP contribution in [0.4, 0.5) is 0 Å². The van der Waals surface area contributed by atoms with E-state index in [2.05, 4.69) is 64.7 Å². The molecular formula is C20H34N4. The molecule has 0 unspecified atom stereocenters. The molecule has 134 valence electrons. The fourth-order valence-electron chi connectivity index (χ4n) is 3.19. The molecule has 0 aliphatic carbocycles. The van der Waals surface area contributed by atoms with Crippen molar-refractivity contribution in [2.45, 2.75) is 44.9 Å². The van der Waals surface area contributed by atoms with E-state index in [9.17, 15) is 0 Å². The number of hydrogen-bond donors (Lipinski definition) is 2. The maximum Gasteiger partial charge on any atom is 0.191 e. The lowest BCUT2D eigenvalue weighted by atomic mass is 9.85. The number of likely N-dealkylation sites (tertiary alicyclic amines) is 1. The van der Waals surface area contributed by atoms with Gasteiger partial charge in [0.2, 0.25) is 0 Å². The van der Waals surface area contributed by atoms with Crippen molar-refractivity contribution < 1.29 is 0 Å². The SMILES string of the molecule is CN=C(NCCCCN1CCCC1)NCC(C)(C)c1ccccc1. The Morgan fingerprint density at radius 1 is 1.08 bits per heavy atom. The fourth-order valence-corrected chi connectivity index (χ4v) is 3.19. The molecule has 2 rings (SSSR count). The highest BCUT2D eigenvalue weighted by Crippen LogP contribution is 2.21. The Morgan fingerprint density at radius 3 is 2.46 bits per heavy atom. The molecule has 0 bridgehead atoms. The largest absolute Gasteiger partial charge is 0.356 e. The van der Waals surface area contributed by atoms with E-state index in [4.69, 9.17) is 0 Å². The van der Waals surface area contributed by atoms with Gasteiger partial charge in [-0.1, -0.05) is 44.2 Å². The third-order valence-electron chi connectivity index (χ3n) is 4.87. The van der Waals surface area contributed by atoms with Gasteiger partial charge in [-0.3, -0.25) is 4.99 Å². The highest BCUT2D eigenvalue weighted by molar-refractivity contribution is 5.79. The van der Waals surface area contributed by atoms with Crippen LogP contribution in [0.3, 0.4) is 0 Å². The first-order valence-corrected chi connectivity index (χ1v) is 9.34. The van der Waals surface area contributed by atoms with E-state index in [0.29, 0.717) is 0 Å². The molecule has 0 amide bonds. The van der Waals surface area contributed by atoms with Crippen LogP contribution in [0.1, 0.15) is 45.1 Å². The molecule has 2 N–H and O–H groups in total. The van der Waals surface area contributed by atoms with Crippen LogP contribution in [0.15, 0.2) is 35.3 Å². The Hall–Kier alpha value is -1.55. The highest BCUT2D eigenvalue weighted by Gasteiger charge is 2.20. The predicted octanol–water partition coefficient (Wildman–Crippen LogP) is 3.01. The number of unbranched alkanes of at least 4 members (excludes halogenated alkanes) is 1. The van der Waals surface area contributed by atoms with E-state index >= 15 is 0 Å². The third kappa shape index (κ3) is 6.16. The summed E-state index contributed by atoms with van der Waals surface area (Å²) in [6.45, 7) is 10.2. The summed E-state index contributed by atoms with van der Waals surface area (Å²) in [6.07, 6.45) is 5.22. The van der Waals surface area contributed by atoms with Gasteiger partial charge in [0.25, 0.3) is 0 Å². The number of aliphatic imine (C=N–C) groups is 1. The summed E-state index contributed by atoms with van der Waals surface area (Å²) in [5.74, 6) is 0.903. The van der Waals surface area contributed by atoms with E-state index < -0.39 is 0 Å². The summed E-state index contributed by atoms with van der Waals surface area (Å²) >= 11 is 0. The monoisotopic (exact) mass is 330 g/mol. The molecule has 1 heterocycles. The molecule has 0 atom stereocenters. The summed E-state index contributed by atoms with van der Waals surface area (Å²) in [6, 6.07) is 10.6. The van der Waals surface area contributed by atoms with Gasteiger partial charge < -0.3 is 15.5 Å². The average Bonchev–Trinajstić information content (AvgIpc) is 3.11. The smallest absolute Gasteiger partial charge is 0.191 e. The van der Waals surface area contributed by atoms with E-state index in [1.807, 2.05) is 7.05 Å². The fraction of sp³-hybridized carbons (Fsp3) is 0.650. The highest BCUT2D eigenvalue weighted by atomic mass is 15.2. The normalized spacial score (nSPS) is 16.4. The zero-order chi connectivity index (χ0) is 17.3. The molecule has 1 aliphatic rings. The van der Waals surface area contributed by atoms with Crippen molar-refractivity contribution in [3.63, 3.8) is 0 Å². The van der Waals surface area contributed by atoms with Crippen LogP contribution >= 0.6 is 0 Å². The Bertz CT molecular complexity index is 490. The van der Waals surface area contributed by atoms with Crippen LogP contribution in [-0.2, 0) is 5.41 Å². The second kappa shape index (κ2) is 9.67. The predicted molar refractivity (Wildman–Crippen MR) is 104 cm³/mol. The van der Waals surface area contributed by atoms with Crippen LogP contribution in [0.5, 0.6) is 0 Å². The molecule has 1 aromatic carbocycles. The Kier molecular flexibility index (Phi) is 7.57. The van der Waals surface area contributed by atoms with Gasteiger partial charge in [-0.05, 0) is 50.9 Å². The molecule has 1 aromatic rings. The maximum absolute atomic E-state index is 4.34. The minimum atomic E-state index is 0.0780. The van der Waals surface area contributed by atoms with Crippen LogP contribution in [0, 0.1) is 0 Å². The Morgan fingerprint density at radius 2 is 1.79 bits per heavy atom. The first-order chi connectivity index (χ1) is 11.6. The lowest BCUT2D eigenvalue weighted by Gasteiger charge is -2.26. The molecule has 1 fully saturated rings. The zero-order valence-electron chi connectivity index (χ0n) is 15.6. The Labute approximate surface area is 147 Å². The molecule has 1 saturated heterocycles. The lowest BCUT2D eigenvalue weighted by Crippen LogP contribution is -2.43.